The molecule has 1 aliphatic rings. The maximum atomic E-state index is 13.6. The molecule has 11 heteroatoms. The Hall–Kier alpha value is -3.57. The zero-order valence-corrected chi connectivity index (χ0v) is 24.0. The number of halogens is 1. The van der Waals surface area contributed by atoms with E-state index in [2.05, 4.69) is 14.9 Å². The van der Waals surface area contributed by atoms with Crippen molar-refractivity contribution in [1.82, 2.24) is 5.32 Å². The maximum Gasteiger partial charge on any atom is 0.278 e. The van der Waals surface area contributed by atoms with Crippen LogP contribution in [0.2, 0.25) is 0 Å². The maximum absolute atomic E-state index is 13.6. The van der Waals surface area contributed by atoms with Crippen LogP contribution >= 0.6 is 11.8 Å². The lowest BCUT2D eigenvalue weighted by molar-refractivity contribution is 0.596. The fourth-order valence-corrected chi connectivity index (χ4v) is 7.09. The van der Waals surface area contributed by atoms with Gasteiger partial charge in [-0.25, -0.2) is 8.42 Å². The molecule has 4 aromatic carbocycles. The van der Waals surface area contributed by atoms with E-state index in [1.165, 1.54) is 30.3 Å². The van der Waals surface area contributed by atoms with E-state index in [-0.39, 0.29) is 21.2 Å². The lowest BCUT2D eigenvalue weighted by atomic mass is 10.1. The van der Waals surface area contributed by atoms with Crippen LogP contribution in [0, 0.1) is 0 Å². The summed E-state index contributed by atoms with van der Waals surface area (Å²) >= 11 is 6.52. The van der Waals surface area contributed by atoms with E-state index < -0.39 is 20.0 Å². The molecule has 1 fully saturated rings. The summed E-state index contributed by atoms with van der Waals surface area (Å²) in [6.45, 7) is 3.16. The molecule has 0 unspecified atom stereocenters. The van der Waals surface area contributed by atoms with Crippen molar-refractivity contribution in [3.05, 3.63) is 103 Å². The van der Waals surface area contributed by atoms with Gasteiger partial charge in [0.25, 0.3) is 20.0 Å². The fourth-order valence-electron chi connectivity index (χ4n) is 4.54. The highest BCUT2D eigenvalue weighted by Gasteiger charge is 2.28. The summed E-state index contributed by atoms with van der Waals surface area (Å²) < 4.78 is 56.9. The molecule has 1 heterocycles. The number of benzene rings is 4. The van der Waals surface area contributed by atoms with Crippen molar-refractivity contribution in [2.24, 2.45) is 0 Å². The molecule has 40 heavy (non-hydrogen) atoms. The van der Waals surface area contributed by atoms with Crippen LogP contribution in [-0.2, 0) is 20.0 Å². The molecule has 1 saturated heterocycles. The van der Waals surface area contributed by atoms with Crippen LogP contribution in [-0.4, -0.2) is 43.0 Å². The highest BCUT2D eigenvalue weighted by molar-refractivity contribution is 7.94. The molecule has 0 saturated carbocycles. The van der Waals surface area contributed by atoms with E-state index in [9.17, 15) is 16.8 Å². The molecule has 0 atom stereocenters. The van der Waals surface area contributed by atoms with E-state index in [0.717, 1.165) is 49.4 Å². The van der Waals surface area contributed by atoms with Gasteiger partial charge in [-0.2, -0.15) is 12.2 Å². The van der Waals surface area contributed by atoms with Gasteiger partial charge < -0.3 is 10.2 Å². The van der Waals surface area contributed by atoms with Crippen molar-refractivity contribution < 1.29 is 16.8 Å². The molecule has 0 radical (unpaired) electrons. The molecule has 0 spiro atoms. The fraction of sp³-hybridized carbons (Fsp3) is 0.172. The minimum absolute atomic E-state index is 0.00925. The quantitative estimate of drug-likeness (QED) is 0.268. The van der Waals surface area contributed by atoms with Gasteiger partial charge in [0.05, 0.1) is 21.2 Å². The first kappa shape index (κ1) is 28.0. The predicted molar refractivity (Wildman–Crippen MR) is 161 cm³/mol. The Morgan fingerprint density at radius 2 is 1.38 bits per heavy atom. The highest BCUT2D eigenvalue weighted by Crippen LogP contribution is 2.37. The summed E-state index contributed by atoms with van der Waals surface area (Å²) in [6.07, 6.45) is 0.918. The van der Waals surface area contributed by atoms with Crippen LogP contribution in [0.5, 0.6) is 0 Å². The third-order valence-electron chi connectivity index (χ3n) is 6.64. The zero-order valence-electron chi connectivity index (χ0n) is 21.6. The second-order valence-electron chi connectivity index (χ2n) is 9.32. The van der Waals surface area contributed by atoms with Crippen LogP contribution < -0.4 is 18.8 Å². The van der Waals surface area contributed by atoms with Gasteiger partial charge in [0.2, 0.25) is 0 Å². The molecule has 5 rings (SSSR count). The number of rotatable bonds is 8. The largest absolute Gasteiger partial charge is 0.370 e. The van der Waals surface area contributed by atoms with E-state index >= 15 is 0 Å². The van der Waals surface area contributed by atoms with Crippen molar-refractivity contribution in [2.75, 3.05) is 39.6 Å². The van der Waals surface area contributed by atoms with E-state index in [1.54, 1.807) is 42.5 Å². The minimum atomic E-state index is -4.24. The monoisotopic (exact) mass is 596 g/mol. The molecule has 4 aromatic rings. The van der Waals surface area contributed by atoms with Gasteiger partial charge in [-0.15, -0.1) is 0 Å². The summed E-state index contributed by atoms with van der Waals surface area (Å²) in [5, 5.41) is 3.34. The molecular weight excluding hydrogens is 568 g/mol. The van der Waals surface area contributed by atoms with Gasteiger partial charge in [-0.3, -0.25) is 4.72 Å². The Bertz CT molecular complexity index is 1660. The van der Waals surface area contributed by atoms with Gasteiger partial charge in [0.1, 0.15) is 0 Å². The molecular formula is C29H29ClN4O4S2. The van der Waals surface area contributed by atoms with Gasteiger partial charge in [-0.1, -0.05) is 60.7 Å². The van der Waals surface area contributed by atoms with Crippen LogP contribution in [0.3, 0.4) is 0 Å². The molecule has 208 valence electrons. The lowest BCUT2D eigenvalue weighted by Gasteiger charge is -2.26. The first-order valence-electron chi connectivity index (χ1n) is 12.8. The molecule has 0 bridgehead atoms. The van der Waals surface area contributed by atoms with E-state index in [0.29, 0.717) is 3.82 Å². The van der Waals surface area contributed by atoms with Crippen molar-refractivity contribution in [3.8, 4) is 11.1 Å². The van der Waals surface area contributed by atoms with E-state index in [1.807, 2.05) is 30.3 Å². The number of nitrogens with zero attached hydrogens (tertiary/aromatic N) is 2. The second kappa shape index (κ2) is 11.9. The Labute approximate surface area is 240 Å². The summed E-state index contributed by atoms with van der Waals surface area (Å²) in [5.74, 6) is 0. The van der Waals surface area contributed by atoms with Gasteiger partial charge in [0, 0.05) is 37.1 Å². The van der Waals surface area contributed by atoms with Gasteiger partial charge in [0.15, 0.2) is 0 Å². The first-order chi connectivity index (χ1) is 19.3. The number of sulfonamides is 2. The molecule has 1 aliphatic heterocycles. The second-order valence-corrected chi connectivity index (χ2v) is 13.3. The minimum Gasteiger partial charge on any atom is -0.370 e. The van der Waals surface area contributed by atoms with Crippen LogP contribution in [0.1, 0.15) is 6.42 Å². The average Bonchev–Trinajstić information content (AvgIpc) is 3.27. The summed E-state index contributed by atoms with van der Waals surface area (Å²) in [4.78, 5) is 2.15. The van der Waals surface area contributed by atoms with Crippen molar-refractivity contribution in [3.63, 3.8) is 0 Å². The molecule has 0 aromatic heterocycles. The Balaban J connectivity index is 1.51. The van der Waals surface area contributed by atoms with Gasteiger partial charge >= 0.3 is 0 Å². The number of hydrogen-bond donors (Lipinski definition) is 2. The smallest absolute Gasteiger partial charge is 0.278 e. The first-order valence-corrected chi connectivity index (χ1v) is 16.1. The van der Waals surface area contributed by atoms with Crippen molar-refractivity contribution >= 4 is 48.9 Å². The van der Waals surface area contributed by atoms with Crippen LogP contribution in [0.4, 0.5) is 17.1 Å². The number of nitrogens with one attached hydrogen (secondary N) is 2. The van der Waals surface area contributed by atoms with Crippen LogP contribution in [0.15, 0.2) is 113 Å². The third-order valence-corrected chi connectivity index (χ3v) is 10.2. The molecule has 0 aliphatic carbocycles. The summed E-state index contributed by atoms with van der Waals surface area (Å²) in [6, 6.07) is 28.8. The number of anilines is 3. The summed E-state index contributed by atoms with van der Waals surface area (Å²) in [5.41, 5.74) is 2.61. The molecule has 8 nitrogen and oxygen atoms in total. The van der Waals surface area contributed by atoms with Crippen molar-refractivity contribution in [2.45, 2.75) is 16.2 Å². The third kappa shape index (κ3) is 6.10. The van der Waals surface area contributed by atoms with Gasteiger partial charge in [-0.05, 0) is 66.6 Å². The summed E-state index contributed by atoms with van der Waals surface area (Å²) in [7, 11) is -8.27. The SMILES string of the molecule is O=S(=O)(Nc1cc(N2CCCNCC2)ccc1N(Cl)S(=O)(=O)c1ccc(-c2ccccc2)cc1)c1ccccc1. The Morgan fingerprint density at radius 1 is 0.725 bits per heavy atom. The van der Waals surface area contributed by atoms with Crippen LogP contribution in [0.25, 0.3) is 11.1 Å². The van der Waals surface area contributed by atoms with E-state index in [4.69, 9.17) is 11.8 Å². The standard InChI is InChI=1S/C29H29ClN4O4S2/c30-34(40(37,38)27-15-12-24(13-16-27)23-8-3-1-4-9-23)29-17-14-25(33-20-7-18-31-19-21-33)22-28(29)32-39(35,36)26-10-5-2-6-11-26/h1-6,8-17,22,31-32H,7,18-21H2. The number of hydrogen-bond acceptors (Lipinski definition) is 6. The average molecular weight is 597 g/mol. The predicted octanol–water partition coefficient (Wildman–Crippen LogP) is 5.30. The lowest BCUT2D eigenvalue weighted by Crippen LogP contribution is -2.28. The highest BCUT2D eigenvalue weighted by atomic mass is 35.5. The van der Waals surface area contributed by atoms with Crippen molar-refractivity contribution in [1.29, 1.82) is 0 Å². The zero-order chi connectivity index (χ0) is 28.2. The Morgan fingerprint density at radius 3 is 2.08 bits per heavy atom. The molecule has 2 N–H and O–H groups in total. The topological polar surface area (TPSA) is 98.8 Å². The normalized spacial score (nSPS) is 14.4. The molecule has 0 amide bonds. The Kier molecular flexibility index (Phi) is 8.32.